The highest BCUT2D eigenvalue weighted by molar-refractivity contribution is 7.88. The lowest BCUT2D eigenvalue weighted by atomic mass is 10.4. The van der Waals surface area contributed by atoms with Crippen molar-refractivity contribution in [1.29, 1.82) is 0 Å². The van der Waals surface area contributed by atoms with Gasteiger partial charge in [0.1, 0.15) is 0 Å². The third kappa shape index (κ3) is 4.02. The normalized spacial score (nSPS) is 12.8. The largest absolute Gasteiger partial charge is 0.471 e. The summed E-state index contributed by atoms with van der Waals surface area (Å²) >= 11 is 1.01. The van der Waals surface area contributed by atoms with E-state index < -0.39 is 22.1 Å². The van der Waals surface area contributed by atoms with Gasteiger partial charge in [-0.15, -0.1) is 11.3 Å². The van der Waals surface area contributed by atoms with E-state index in [1.165, 1.54) is 36.2 Å². The van der Waals surface area contributed by atoms with Gasteiger partial charge in [0.25, 0.3) is 10.0 Å². The first-order chi connectivity index (χ1) is 12.6. The summed E-state index contributed by atoms with van der Waals surface area (Å²) in [5.74, 6) is -1.70. The summed E-state index contributed by atoms with van der Waals surface area (Å²) in [5, 5.41) is 6.94. The summed E-state index contributed by atoms with van der Waals surface area (Å²) in [7, 11) is -1.26. The van der Waals surface area contributed by atoms with Crippen LogP contribution in [0.25, 0.3) is 10.7 Å². The van der Waals surface area contributed by atoms with Gasteiger partial charge in [-0.2, -0.15) is 23.3 Å². The molecule has 0 amide bonds. The van der Waals surface area contributed by atoms with Crippen LogP contribution in [-0.4, -0.2) is 39.9 Å². The van der Waals surface area contributed by atoms with Crippen molar-refractivity contribution in [2.75, 3.05) is 7.11 Å². The number of rotatable bonds is 6. The van der Waals surface area contributed by atoms with Crippen molar-refractivity contribution in [3.05, 3.63) is 35.2 Å². The fourth-order valence-electron chi connectivity index (χ4n) is 2.03. The first-order valence-corrected chi connectivity index (χ1v) is 9.43. The lowest BCUT2D eigenvalue weighted by Gasteiger charge is -2.17. The highest BCUT2D eigenvalue weighted by Crippen LogP contribution is 2.32. The Morgan fingerprint density at radius 3 is 2.63 bits per heavy atom. The van der Waals surface area contributed by atoms with Crippen LogP contribution >= 0.6 is 11.3 Å². The molecule has 0 atom stereocenters. The number of sulfonamides is 1. The van der Waals surface area contributed by atoms with Gasteiger partial charge in [-0.05, 0) is 18.2 Å². The minimum atomic E-state index is -4.74. The standard InChI is InChI=1S/C13H12F3N5O4S2/c1-20-6-5-10(18-20)27(22,23)21(24-2)7-8-3-4-9(26-8)11-17-12(25-19-11)13(14,15)16/h3-6H,7H2,1-2H3. The van der Waals surface area contributed by atoms with Crippen LogP contribution in [0.3, 0.4) is 0 Å². The maximum atomic E-state index is 12.5. The number of thiophene rings is 1. The number of hydrogen-bond acceptors (Lipinski definition) is 8. The Kier molecular flexibility index (Phi) is 5.07. The number of aryl methyl sites for hydroxylation is 1. The first kappa shape index (κ1) is 19.5. The van der Waals surface area contributed by atoms with E-state index in [0.717, 1.165) is 15.8 Å². The quantitative estimate of drug-likeness (QED) is 0.561. The molecule has 0 spiro atoms. The van der Waals surface area contributed by atoms with Crippen LogP contribution in [0.1, 0.15) is 10.8 Å². The van der Waals surface area contributed by atoms with Gasteiger partial charge >= 0.3 is 12.1 Å². The average molecular weight is 423 g/mol. The van der Waals surface area contributed by atoms with Crippen molar-refractivity contribution in [1.82, 2.24) is 24.4 Å². The highest BCUT2D eigenvalue weighted by Gasteiger charge is 2.38. The molecule has 0 radical (unpaired) electrons. The number of aromatic nitrogens is 4. The Morgan fingerprint density at radius 2 is 2.07 bits per heavy atom. The summed E-state index contributed by atoms with van der Waals surface area (Å²) in [5.41, 5.74) is 0. The minimum absolute atomic E-state index is 0.177. The minimum Gasteiger partial charge on any atom is -0.329 e. The molecule has 0 saturated carbocycles. The molecule has 14 heteroatoms. The zero-order chi connectivity index (χ0) is 19.8. The van der Waals surface area contributed by atoms with E-state index in [1.54, 1.807) is 7.05 Å². The molecule has 0 aromatic carbocycles. The van der Waals surface area contributed by atoms with Crippen LogP contribution in [0.4, 0.5) is 13.2 Å². The molecule has 0 aliphatic heterocycles. The Hall–Kier alpha value is -2.29. The smallest absolute Gasteiger partial charge is 0.329 e. The lowest BCUT2D eigenvalue weighted by Crippen LogP contribution is -2.29. The second-order valence-electron chi connectivity index (χ2n) is 5.16. The number of halogens is 3. The second kappa shape index (κ2) is 7.03. The predicted molar refractivity (Wildman–Crippen MR) is 85.6 cm³/mol. The SMILES string of the molecule is CON(Cc1ccc(-c2noc(C(F)(F)F)n2)s1)S(=O)(=O)c1ccn(C)n1. The monoisotopic (exact) mass is 423 g/mol. The Balaban J connectivity index is 1.81. The molecule has 146 valence electrons. The van der Waals surface area contributed by atoms with Crippen LogP contribution in [0.5, 0.6) is 0 Å². The van der Waals surface area contributed by atoms with Crippen molar-refractivity contribution in [2.24, 2.45) is 7.05 Å². The van der Waals surface area contributed by atoms with E-state index in [1.807, 2.05) is 0 Å². The van der Waals surface area contributed by atoms with Gasteiger partial charge in [-0.25, -0.2) is 8.42 Å². The zero-order valence-corrected chi connectivity index (χ0v) is 15.5. The molecule has 0 bridgehead atoms. The van der Waals surface area contributed by atoms with E-state index in [-0.39, 0.29) is 22.3 Å². The second-order valence-corrected chi connectivity index (χ2v) is 8.11. The third-order valence-corrected chi connectivity index (χ3v) is 5.89. The zero-order valence-electron chi connectivity index (χ0n) is 13.8. The van der Waals surface area contributed by atoms with Gasteiger partial charge in [0.15, 0.2) is 5.03 Å². The topological polar surface area (TPSA) is 103 Å². The molecular weight excluding hydrogens is 411 g/mol. The van der Waals surface area contributed by atoms with Gasteiger partial charge in [0, 0.05) is 18.1 Å². The van der Waals surface area contributed by atoms with Gasteiger partial charge in [0.2, 0.25) is 5.82 Å². The molecule has 0 unspecified atom stereocenters. The van der Waals surface area contributed by atoms with Crippen molar-refractivity contribution in [3.63, 3.8) is 0 Å². The fourth-order valence-corrected chi connectivity index (χ4v) is 4.20. The highest BCUT2D eigenvalue weighted by atomic mass is 32.2. The number of hydrogen-bond donors (Lipinski definition) is 0. The van der Waals surface area contributed by atoms with Gasteiger partial charge < -0.3 is 4.52 Å². The van der Waals surface area contributed by atoms with Gasteiger partial charge in [-0.1, -0.05) is 9.63 Å². The van der Waals surface area contributed by atoms with Gasteiger partial charge in [-0.3, -0.25) is 9.52 Å². The molecule has 3 heterocycles. The van der Waals surface area contributed by atoms with Crippen molar-refractivity contribution in [2.45, 2.75) is 17.7 Å². The van der Waals surface area contributed by atoms with Gasteiger partial charge in [0.05, 0.1) is 18.5 Å². The molecule has 0 aliphatic rings. The maximum Gasteiger partial charge on any atom is 0.471 e. The van der Waals surface area contributed by atoms with Crippen molar-refractivity contribution < 1.29 is 30.9 Å². The fraction of sp³-hybridized carbons (Fsp3) is 0.308. The summed E-state index contributed by atoms with van der Waals surface area (Å²) < 4.78 is 68.9. The van der Waals surface area contributed by atoms with E-state index in [0.29, 0.717) is 4.88 Å². The van der Waals surface area contributed by atoms with Crippen LogP contribution in [0.15, 0.2) is 33.9 Å². The number of nitrogens with zero attached hydrogens (tertiary/aromatic N) is 5. The van der Waals surface area contributed by atoms with Crippen LogP contribution in [0.2, 0.25) is 0 Å². The summed E-state index contributed by atoms with van der Waals surface area (Å²) in [4.78, 5) is 9.02. The van der Waals surface area contributed by atoms with E-state index in [4.69, 9.17) is 4.84 Å². The summed E-state index contributed by atoms with van der Waals surface area (Å²) in [6, 6.07) is 4.31. The molecule has 9 nitrogen and oxygen atoms in total. The lowest BCUT2D eigenvalue weighted by molar-refractivity contribution is -0.159. The first-order valence-electron chi connectivity index (χ1n) is 7.18. The Morgan fingerprint density at radius 1 is 1.33 bits per heavy atom. The Labute approximate surface area is 155 Å². The molecule has 3 aromatic rings. The molecule has 3 aromatic heterocycles. The van der Waals surface area contributed by atoms with E-state index >= 15 is 0 Å². The van der Waals surface area contributed by atoms with E-state index in [2.05, 4.69) is 19.8 Å². The third-order valence-electron chi connectivity index (χ3n) is 3.26. The van der Waals surface area contributed by atoms with Crippen LogP contribution < -0.4 is 0 Å². The van der Waals surface area contributed by atoms with Crippen LogP contribution in [0, 0.1) is 0 Å². The molecule has 3 rings (SSSR count). The summed E-state index contributed by atoms with van der Waals surface area (Å²) in [6.45, 7) is -0.177. The predicted octanol–water partition coefficient (Wildman–Crippen LogP) is 2.30. The molecule has 0 saturated heterocycles. The molecule has 0 fully saturated rings. The molecule has 0 N–H and O–H groups in total. The van der Waals surface area contributed by atoms with Crippen molar-refractivity contribution >= 4 is 21.4 Å². The summed E-state index contributed by atoms with van der Waals surface area (Å²) in [6.07, 6.45) is -3.27. The van der Waals surface area contributed by atoms with Crippen molar-refractivity contribution in [3.8, 4) is 10.7 Å². The van der Waals surface area contributed by atoms with E-state index in [9.17, 15) is 21.6 Å². The molecule has 0 aliphatic carbocycles. The molecular formula is C13H12F3N5O4S2. The van der Waals surface area contributed by atoms with Crippen LogP contribution in [-0.2, 0) is 34.6 Å². The average Bonchev–Trinajstić information content (AvgIpc) is 3.31. The Bertz CT molecular complexity index is 1040. The number of alkyl halides is 3. The molecule has 27 heavy (non-hydrogen) atoms. The maximum absolute atomic E-state index is 12.5. The number of hydroxylamine groups is 1.